The van der Waals surface area contributed by atoms with Gasteiger partial charge in [-0.25, -0.2) is 4.79 Å². The first-order chi connectivity index (χ1) is 8.06. The average Bonchev–Trinajstić information content (AvgIpc) is 2.77. The van der Waals surface area contributed by atoms with Crippen molar-refractivity contribution in [3.8, 4) is 0 Å². The first kappa shape index (κ1) is 13.2. The van der Waals surface area contributed by atoms with Crippen LogP contribution in [0, 0.1) is 0 Å². The lowest BCUT2D eigenvalue weighted by Gasteiger charge is -2.05. The smallest absolute Gasteiger partial charge is 0.328 e. The fraction of sp³-hybridized carbons (Fsp3) is 0.500. The Hall–Kier alpha value is -1.89. The molecule has 0 aromatic carbocycles. The van der Waals surface area contributed by atoms with E-state index in [1.54, 1.807) is 0 Å². The molecule has 0 fully saturated rings. The monoisotopic (exact) mass is 241 g/mol. The Morgan fingerprint density at radius 3 is 2.94 bits per heavy atom. The number of carbonyl (C=O) groups is 2. The van der Waals surface area contributed by atoms with Crippen molar-refractivity contribution in [1.82, 2.24) is 15.1 Å². The van der Waals surface area contributed by atoms with Gasteiger partial charge in [-0.05, 0) is 13.0 Å². The van der Waals surface area contributed by atoms with Gasteiger partial charge in [-0.3, -0.25) is 9.48 Å². The minimum absolute atomic E-state index is 0.189. The zero-order chi connectivity index (χ0) is 12.8. The summed E-state index contributed by atoms with van der Waals surface area (Å²) in [5.41, 5.74) is 0.189. The van der Waals surface area contributed by atoms with Gasteiger partial charge in [0.05, 0.1) is 6.61 Å². The van der Waals surface area contributed by atoms with Crippen LogP contribution in [0.5, 0.6) is 0 Å². The Morgan fingerprint density at radius 1 is 1.65 bits per heavy atom. The number of hydrogen-bond donors (Lipinski definition) is 2. The van der Waals surface area contributed by atoms with Crippen LogP contribution < -0.4 is 5.32 Å². The predicted octanol–water partition coefficient (Wildman–Crippen LogP) is -0.0951. The van der Waals surface area contributed by atoms with Gasteiger partial charge in [0.1, 0.15) is 11.7 Å². The quantitative estimate of drug-likeness (QED) is 0.678. The zero-order valence-electron chi connectivity index (χ0n) is 9.71. The molecule has 0 aliphatic rings. The lowest BCUT2D eigenvalue weighted by molar-refractivity contribution is -0.140. The van der Waals surface area contributed by atoms with Gasteiger partial charge >= 0.3 is 5.97 Å². The molecular weight excluding hydrogens is 226 g/mol. The summed E-state index contributed by atoms with van der Waals surface area (Å²) in [4.78, 5) is 22.2. The largest absolute Gasteiger partial charge is 0.480 e. The maximum absolute atomic E-state index is 11.5. The van der Waals surface area contributed by atoms with Crippen LogP contribution in [-0.4, -0.2) is 47.0 Å². The van der Waals surface area contributed by atoms with Crippen LogP contribution in [0.3, 0.4) is 0 Å². The summed E-state index contributed by atoms with van der Waals surface area (Å²) in [6.07, 6.45) is 1.46. The van der Waals surface area contributed by atoms with E-state index in [9.17, 15) is 9.59 Å². The van der Waals surface area contributed by atoms with Gasteiger partial charge in [-0.2, -0.15) is 5.10 Å². The zero-order valence-corrected chi connectivity index (χ0v) is 9.71. The van der Waals surface area contributed by atoms with E-state index in [2.05, 4.69) is 10.4 Å². The lowest BCUT2D eigenvalue weighted by Crippen LogP contribution is -2.27. The van der Waals surface area contributed by atoms with E-state index in [0.717, 1.165) is 0 Å². The van der Waals surface area contributed by atoms with Crippen LogP contribution in [0.2, 0.25) is 0 Å². The van der Waals surface area contributed by atoms with Gasteiger partial charge in [-0.1, -0.05) is 0 Å². The number of ether oxygens (including phenoxy) is 1. The molecule has 1 aromatic rings. The summed E-state index contributed by atoms with van der Waals surface area (Å²) in [5, 5.41) is 15.3. The normalized spacial score (nSPS) is 12.1. The van der Waals surface area contributed by atoms with E-state index in [-0.39, 0.29) is 11.6 Å². The first-order valence-electron chi connectivity index (χ1n) is 5.11. The highest BCUT2D eigenvalue weighted by molar-refractivity contribution is 5.92. The standard InChI is InChI=1S/C10H15N3O4/c1-7(10(15)16)13-5-3-8(12-13)9(14)11-4-6-17-2/h3,5,7H,4,6H2,1-2H3,(H,11,14)(H,15,16). The van der Waals surface area contributed by atoms with Crippen LogP contribution in [0.15, 0.2) is 12.3 Å². The van der Waals surface area contributed by atoms with Crippen LogP contribution in [0.4, 0.5) is 0 Å². The van der Waals surface area contributed by atoms with Crippen molar-refractivity contribution in [2.24, 2.45) is 0 Å². The van der Waals surface area contributed by atoms with Crippen molar-refractivity contribution in [1.29, 1.82) is 0 Å². The molecule has 7 heteroatoms. The van der Waals surface area contributed by atoms with Crippen molar-refractivity contribution in [2.75, 3.05) is 20.3 Å². The number of aromatic nitrogens is 2. The van der Waals surface area contributed by atoms with Gasteiger partial charge < -0.3 is 15.2 Å². The van der Waals surface area contributed by atoms with Crippen molar-refractivity contribution in [3.63, 3.8) is 0 Å². The Labute approximate surface area is 98.4 Å². The molecule has 0 saturated carbocycles. The first-order valence-corrected chi connectivity index (χ1v) is 5.11. The van der Waals surface area contributed by atoms with Gasteiger partial charge in [0.2, 0.25) is 0 Å². The van der Waals surface area contributed by atoms with E-state index >= 15 is 0 Å². The summed E-state index contributed by atoms with van der Waals surface area (Å²) >= 11 is 0. The third-order valence-corrected chi connectivity index (χ3v) is 2.19. The van der Waals surface area contributed by atoms with Gasteiger partial charge in [0.25, 0.3) is 5.91 Å². The number of amides is 1. The van der Waals surface area contributed by atoms with Crippen molar-refractivity contribution >= 4 is 11.9 Å². The molecule has 1 amide bonds. The third-order valence-electron chi connectivity index (χ3n) is 2.19. The number of carboxylic acids is 1. The van der Waals surface area contributed by atoms with Gasteiger partial charge in [0, 0.05) is 19.9 Å². The number of nitrogens with one attached hydrogen (secondary N) is 1. The summed E-state index contributed by atoms with van der Waals surface area (Å²) in [5.74, 6) is -1.35. The Balaban J connectivity index is 2.61. The molecule has 0 aliphatic heterocycles. The number of aliphatic carboxylic acids is 1. The maximum atomic E-state index is 11.5. The molecule has 2 N–H and O–H groups in total. The summed E-state index contributed by atoms with van der Waals surface area (Å²) < 4.78 is 6.01. The third kappa shape index (κ3) is 3.56. The molecule has 1 heterocycles. The van der Waals surface area contributed by atoms with Crippen LogP contribution in [-0.2, 0) is 9.53 Å². The van der Waals surface area contributed by atoms with Gasteiger partial charge in [-0.15, -0.1) is 0 Å². The molecule has 1 atom stereocenters. The molecule has 1 aromatic heterocycles. The number of carbonyl (C=O) groups excluding carboxylic acids is 1. The minimum atomic E-state index is -1.00. The predicted molar refractivity (Wildman–Crippen MR) is 58.8 cm³/mol. The number of hydrogen-bond acceptors (Lipinski definition) is 4. The topological polar surface area (TPSA) is 93.5 Å². The number of rotatable bonds is 6. The lowest BCUT2D eigenvalue weighted by atomic mass is 10.3. The maximum Gasteiger partial charge on any atom is 0.328 e. The molecule has 94 valence electrons. The summed E-state index contributed by atoms with van der Waals surface area (Å²) in [6, 6.07) is 0.678. The molecule has 0 spiro atoms. The average molecular weight is 241 g/mol. The van der Waals surface area contributed by atoms with Crippen molar-refractivity contribution < 1.29 is 19.4 Å². The summed E-state index contributed by atoms with van der Waals surface area (Å²) in [7, 11) is 1.54. The summed E-state index contributed by atoms with van der Waals surface area (Å²) in [6.45, 7) is 2.29. The number of nitrogens with zero attached hydrogens (tertiary/aromatic N) is 2. The molecule has 7 nitrogen and oxygen atoms in total. The molecule has 0 aliphatic carbocycles. The molecule has 17 heavy (non-hydrogen) atoms. The van der Waals surface area contributed by atoms with E-state index in [1.807, 2.05) is 0 Å². The van der Waals surface area contributed by atoms with E-state index in [0.29, 0.717) is 13.2 Å². The second-order valence-corrected chi connectivity index (χ2v) is 3.44. The van der Waals surface area contributed by atoms with E-state index < -0.39 is 12.0 Å². The molecule has 1 rings (SSSR count). The second-order valence-electron chi connectivity index (χ2n) is 3.44. The minimum Gasteiger partial charge on any atom is -0.480 e. The highest BCUT2D eigenvalue weighted by atomic mass is 16.5. The number of methoxy groups -OCH3 is 1. The molecule has 0 saturated heterocycles. The Kier molecular flexibility index (Phi) is 4.65. The molecule has 1 unspecified atom stereocenters. The number of carboxylic acid groups (broad SMARTS) is 1. The van der Waals surface area contributed by atoms with Crippen LogP contribution in [0.25, 0.3) is 0 Å². The Bertz CT molecular complexity index is 402. The van der Waals surface area contributed by atoms with Crippen molar-refractivity contribution in [3.05, 3.63) is 18.0 Å². The molecule has 0 radical (unpaired) electrons. The van der Waals surface area contributed by atoms with Crippen molar-refractivity contribution in [2.45, 2.75) is 13.0 Å². The second kappa shape index (κ2) is 6.00. The molecular formula is C10H15N3O4. The Morgan fingerprint density at radius 2 is 2.35 bits per heavy atom. The highest BCUT2D eigenvalue weighted by Crippen LogP contribution is 2.05. The SMILES string of the molecule is COCCNC(=O)c1ccn(C(C)C(=O)O)n1. The van der Waals surface area contributed by atoms with E-state index in [4.69, 9.17) is 9.84 Å². The molecule has 0 bridgehead atoms. The van der Waals surface area contributed by atoms with Crippen LogP contribution >= 0.6 is 0 Å². The van der Waals surface area contributed by atoms with Crippen LogP contribution in [0.1, 0.15) is 23.5 Å². The van der Waals surface area contributed by atoms with Gasteiger partial charge in [0.15, 0.2) is 0 Å². The van der Waals surface area contributed by atoms with E-state index in [1.165, 1.54) is 31.0 Å². The fourth-order valence-electron chi connectivity index (χ4n) is 1.15. The fourth-order valence-corrected chi connectivity index (χ4v) is 1.15. The highest BCUT2D eigenvalue weighted by Gasteiger charge is 2.16.